The summed E-state index contributed by atoms with van der Waals surface area (Å²) in [6, 6.07) is 5.42. The number of amides is 1. The van der Waals surface area contributed by atoms with E-state index in [1.165, 1.54) is 12.1 Å². The summed E-state index contributed by atoms with van der Waals surface area (Å²) in [6.07, 6.45) is 0. The van der Waals surface area contributed by atoms with Crippen LogP contribution in [0.4, 0.5) is 5.69 Å². The molecule has 0 aliphatic rings. The van der Waals surface area contributed by atoms with Gasteiger partial charge in [0.1, 0.15) is 6.04 Å². The maximum atomic E-state index is 11.7. The van der Waals surface area contributed by atoms with Crippen molar-refractivity contribution in [2.24, 2.45) is 5.14 Å². The number of benzene rings is 1. The average molecular weight is 301 g/mol. The molecule has 1 unspecified atom stereocenters. The number of nitrogens with two attached hydrogens (primary N) is 1. The zero-order chi connectivity index (χ0) is 15.2. The Morgan fingerprint density at radius 3 is 2.45 bits per heavy atom. The summed E-state index contributed by atoms with van der Waals surface area (Å²) in [5.74, 6) is -0.169. The second-order valence-corrected chi connectivity index (χ2v) is 5.78. The van der Waals surface area contributed by atoms with Gasteiger partial charge >= 0.3 is 0 Å². The molecule has 0 radical (unpaired) electrons. The monoisotopic (exact) mass is 301 g/mol. The molecule has 1 amide bonds. The first kappa shape index (κ1) is 16.4. The van der Waals surface area contributed by atoms with Crippen molar-refractivity contribution in [2.45, 2.75) is 17.9 Å². The van der Waals surface area contributed by atoms with Gasteiger partial charge in [-0.05, 0) is 31.2 Å². The third-order valence-corrected chi connectivity index (χ3v) is 3.49. The van der Waals surface area contributed by atoms with Crippen molar-refractivity contribution in [2.75, 3.05) is 25.6 Å². The van der Waals surface area contributed by atoms with Crippen molar-refractivity contribution in [1.29, 1.82) is 0 Å². The van der Waals surface area contributed by atoms with Gasteiger partial charge in [0.2, 0.25) is 15.9 Å². The number of sulfonamides is 1. The lowest BCUT2D eigenvalue weighted by molar-refractivity contribution is -0.121. The van der Waals surface area contributed by atoms with Crippen molar-refractivity contribution in [3.63, 3.8) is 0 Å². The van der Waals surface area contributed by atoms with Crippen LogP contribution in [0.3, 0.4) is 0 Å². The third kappa shape index (κ3) is 5.16. The van der Waals surface area contributed by atoms with Crippen LogP contribution in [0.25, 0.3) is 0 Å². The standard InChI is InChI=1S/C12H19N3O4S/c1-9(12(16)14-7-8-19-2)15-10-3-5-11(6-4-10)20(13,17)18/h3-6,9,15H,7-8H2,1-2H3,(H,14,16)(H2,13,17,18). The molecule has 0 saturated heterocycles. The van der Waals surface area contributed by atoms with Crippen LogP contribution < -0.4 is 15.8 Å². The minimum absolute atomic E-state index is 0.0280. The summed E-state index contributed by atoms with van der Waals surface area (Å²) in [4.78, 5) is 11.7. The van der Waals surface area contributed by atoms with Gasteiger partial charge in [-0.15, -0.1) is 0 Å². The molecular formula is C12H19N3O4S. The van der Waals surface area contributed by atoms with Crippen LogP contribution in [-0.4, -0.2) is 40.6 Å². The lowest BCUT2D eigenvalue weighted by atomic mass is 10.2. The molecule has 0 aliphatic heterocycles. The quantitative estimate of drug-likeness (QED) is 0.609. The van der Waals surface area contributed by atoms with E-state index < -0.39 is 16.1 Å². The predicted molar refractivity (Wildman–Crippen MR) is 75.8 cm³/mol. The smallest absolute Gasteiger partial charge is 0.242 e. The summed E-state index contributed by atoms with van der Waals surface area (Å²) in [6.45, 7) is 2.59. The highest BCUT2D eigenvalue weighted by Gasteiger charge is 2.12. The normalized spacial score (nSPS) is 12.8. The fraction of sp³-hybridized carbons (Fsp3) is 0.417. The van der Waals surface area contributed by atoms with Crippen LogP contribution in [0.2, 0.25) is 0 Å². The molecule has 0 aliphatic carbocycles. The number of anilines is 1. The van der Waals surface area contributed by atoms with Crippen LogP contribution in [0, 0.1) is 0 Å². The summed E-state index contributed by atoms with van der Waals surface area (Å²) in [7, 11) is -2.14. The maximum Gasteiger partial charge on any atom is 0.242 e. The van der Waals surface area contributed by atoms with E-state index in [2.05, 4.69) is 10.6 Å². The van der Waals surface area contributed by atoms with Crippen LogP contribution in [0.15, 0.2) is 29.2 Å². The summed E-state index contributed by atoms with van der Waals surface area (Å²) >= 11 is 0. The van der Waals surface area contributed by atoms with Gasteiger partial charge in [0, 0.05) is 19.3 Å². The number of carbonyl (C=O) groups is 1. The van der Waals surface area contributed by atoms with E-state index in [1.54, 1.807) is 26.2 Å². The molecule has 1 aromatic rings. The Labute approximate surface area is 118 Å². The largest absolute Gasteiger partial charge is 0.383 e. The van der Waals surface area contributed by atoms with Gasteiger partial charge in [0.15, 0.2) is 0 Å². The highest BCUT2D eigenvalue weighted by atomic mass is 32.2. The molecule has 0 heterocycles. The molecule has 1 rings (SSSR count). The van der Waals surface area contributed by atoms with Gasteiger partial charge in [0.25, 0.3) is 0 Å². The molecular weight excluding hydrogens is 282 g/mol. The van der Waals surface area contributed by atoms with E-state index in [9.17, 15) is 13.2 Å². The summed E-state index contributed by atoms with van der Waals surface area (Å²) in [5, 5.41) is 10.7. The topological polar surface area (TPSA) is 111 Å². The highest BCUT2D eigenvalue weighted by molar-refractivity contribution is 7.89. The molecule has 0 spiro atoms. The van der Waals surface area contributed by atoms with E-state index in [4.69, 9.17) is 9.88 Å². The number of carbonyl (C=O) groups excluding carboxylic acids is 1. The molecule has 7 nitrogen and oxygen atoms in total. The van der Waals surface area contributed by atoms with Gasteiger partial charge < -0.3 is 15.4 Å². The molecule has 0 bridgehead atoms. The number of primary sulfonamides is 1. The van der Waals surface area contributed by atoms with E-state index in [1.807, 2.05) is 0 Å². The average Bonchev–Trinajstić information content (AvgIpc) is 2.38. The van der Waals surface area contributed by atoms with Crippen LogP contribution in [-0.2, 0) is 19.6 Å². The zero-order valence-electron chi connectivity index (χ0n) is 11.4. The van der Waals surface area contributed by atoms with Crippen LogP contribution in [0.1, 0.15) is 6.92 Å². The number of nitrogens with one attached hydrogen (secondary N) is 2. The van der Waals surface area contributed by atoms with Crippen molar-refractivity contribution >= 4 is 21.6 Å². The van der Waals surface area contributed by atoms with E-state index >= 15 is 0 Å². The number of hydrogen-bond donors (Lipinski definition) is 3. The molecule has 4 N–H and O–H groups in total. The molecule has 0 fully saturated rings. The Bertz CT molecular complexity index is 542. The first-order chi connectivity index (χ1) is 9.34. The Hall–Kier alpha value is -1.64. The molecule has 1 atom stereocenters. The van der Waals surface area contributed by atoms with E-state index in [0.29, 0.717) is 18.8 Å². The summed E-state index contributed by atoms with van der Waals surface area (Å²) in [5.41, 5.74) is 0.631. The molecule has 1 aromatic carbocycles. The maximum absolute atomic E-state index is 11.7. The first-order valence-electron chi connectivity index (χ1n) is 6.00. The van der Waals surface area contributed by atoms with Gasteiger partial charge in [-0.1, -0.05) is 0 Å². The van der Waals surface area contributed by atoms with Crippen molar-refractivity contribution in [3.05, 3.63) is 24.3 Å². The molecule has 8 heteroatoms. The Balaban J connectivity index is 2.58. The Kier molecular flexibility index (Phi) is 5.93. The van der Waals surface area contributed by atoms with Crippen LogP contribution in [0.5, 0.6) is 0 Å². The molecule has 0 aromatic heterocycles. The molecule has 0 saturated carbocycles. The fourth-order valence-corrected chi connectivity index (χ4v) is 2.00. The molecule has 112 valence electrons. The minimum Gasteiger partial charge on any atom is -0.383 e. The lowest BCUT2D eigenvalue weighted by Crippen LogP contribution is -2.39. The number of ether oxygens (including phenoxy) is 1. The number of hydrogen-bond acceptors (Lipinski definition) is 5. The van der Waals surface area contributed by atoms with Crippen molar-refractivity contribution in [1.82, 2.24) is 5.32 Å². The van der Waals surface area contributed by atoms with Crippen molar-refractivity contribution < 1.29 is 17.9 Å². The van der Waals surface area contributed by atoms with Crippen molar-refractivity contribution in [3.8, 4) is 0 Å². The SMILES string of the molecule is COCCNC(=O)C(C)Nc1ccc(S(N)(=O)=O)cc1. The van der Waals surface area contributed by atoms with Gasteiger partial charge in [-0.3, -0.25) is 4.79 Å². The Morgan fingerprint density at radius 1 is 1.35 bits per heavy atom. The van der Waals surface area contributed by atoms with Gasteiger partial charge in [0.05, 0.1) is 11.5 Å². The first-order valence-corrected chi connectivity index (χ1v) is 7.55. The number of methoxy groups -OCH3 is 1. The number of rotatable bonds is 7. The molecule has 20 heavy (non-hydrogen) atoms. The second kappa shape index (κ2) is 7.22. The van der Waals surface area contributed by atoms with E-state index in [-0.39, 0.29) is 10.8 Å². The predicted octanol–water partition coefficient (Wildman–Crippen LogP) is -0.103. The van der Waals surface area contributed by atoms with Crippen LogP contribution >= 0.6 is 0 Å². The van der Waals surface area contributed by atoms with Gasteiger partial charge in [-0.25, -0.2) is 13.6 Å². The second-order valence-electron chi connectivity index (χ2n) is 4.22. The minimum atomic E-state index is -3.70. The lowest BCUT2D eigenvalue weighted by Gasteiger charge is -2.15. The Morgan fingerprint density at radius 2 is 1.95 bits per heavy atom. The fourth-order valence-electron chi connectivity index (χ4n) is 1.49. The third-order valence-electron chi connectivity index (χ3n) is 2.56. The van der Waals surface area contributed by atoms with Gasteiger partial charge in [-0.2, -0.15) is 0 Å². The highest BCUT2D eigenvalue weighted by Crippen LogP contribution is 2.13. The van der Waals surface area contributed by atoms with E-state index in [0.717, 1.165) is 0 Å². The summed E-state index contributed by atoms with van der Waals surface area (Å²) < 4.78 is 27.0. The zero-order valence-corrected chi connectivity index (χ0v) is 12.2.